The van der Waals surface area contributed by atoms with Crippen molar-refractivity contribution in [3.05, 3.63) is 35.9 Å². The summed E-state index contributed by atoms with van der Waals surface area (Å²) in [7, 11) is 0. The van der Waals surface area contributed by atoms with Gasteiger partial charge in [-0.3, -0.25) is 9.59 Å². The van der Waals surface area contributed by atoms with Crippen LogP contribution < -0.4 is 10.6 Å². The minimum absolute atomic E-state index is 0.114. The molecule has 0 saturated carbocycles. The zero-order chi connectivity index (χ0) is 17.1. The van der Waals surface area contributed by atoms with Crippen molar-refractivity contribution in [2.24, 2.45) is 5.92 Å². The first kappa shape index (κ1) is 18.9. The zero-order valence-corrected chi connectivity index (χ0v) is 13.8. The number of hydrogen-bond acceptors (Lipinski definition) is 3. The molecule has 0 spiro atoms. The van der Waals surface area contributed by atoms with Crippen LogP contribution in [0.3, 0.4) is 0 Å². The second kappa shape index (κ2) is 10.6. The number of carbonyl (C=O) groups is 2. The van der Waals surface area contributed by atoms with Crippen molar-refractivity contribution in [1.82, 2.24) is 5.32 Å². The van der Waals surface area contributed by atoms with E-state index in [4.69, 9.17) is 5.11 Å². The van der Waals surface area contributed by atoms with Crippen LogP contribution in [-0.2, 0) is 9.59 Å². The Morgan fingerprint density at radius 1 is 1.22 bits per heavy atom. The molecule has 0 radical (unpaired) electrons. The van der Waals surface area contributed by atoms with Gasteiger partial charge in [0.25, 0.3) is 0 Å². The van der Waals surface area contributed by atoms with Crippen molar-refractivity contribution in [2.45, 2.75) is 33.1 Å². The Bertz CT molecular complexity index is 518. The van der Waals surface area contributed by atoms with E-state index in [0.717, 1.165) is 24.1 Å². The molecular weight excluding hydrogens is 292 g/mol. The number of aliphatic hydroxyl groups is 1. The standard InChI is InChI=1S/C18H26N2O3/c1-3-4-16(11-12-21)13-19-18(23)10-7-15-5-8-17(9-6-15)20-14(2)22/h5-10,16,21H,3-4,11-13H2,1-2H3,(H,19,23)(H,20,22)/b10-7+. The fraction of sp³-hybridized carbons (Fsp3) is 0.444. The van der Waals surface area contributed by atoms with E-state index >= 15 is 0 Å². The molecule has 0 aliphatic carbocycles. The highest BCUT2D eigenvalue weighted by Crippen LogP contribution is 2.11. The van der Waals surface area contributed by atoms with Gasteiger partial charge in [0.2, 0.25) is 11.8 Å². The summed E-state index contributed by atoms with van der Waals surface area (Å²) in [6, 6.07) is 7.25. The molecule has 0 aromatic heterocycles. The van der Waals surface area contributed by atoms with Gasteiger partial charge in [-0.2, -0.15) is 0 Å². The molecule has 0 aliphatic heterocycles. The summed E-state index contributed by atoms with van der Waals surface area (Å²) in [4.78, 5) is 22.8. The van der Waals surface area contributed by atoms with Gasteiger partial charge in [0.15, 0.2) is 0 Å². The number of amides is 2. The van der Waals surface area contributed by atoms with Gasteiger partial charge in [0.05, 0.1) is 0 Å². The maximum absolute atomic E-state index is 11.8. The normalized spacial score (nSPS) is 12.1. The van der Waals surface area contributed by atoms with Crippen LogP contribution in [0.25, 0.3) is 6.08 Å². The van der Waals surface area contributed by atoms with E-state index in [0.29, 0.717) is 18.9 Å². The van der Waals surface area contributed by atoms with E-state index < -0.39 is 0 Å². The summed E-state index contributed by atoms with van der Waals surface area (Å²) >= 11 is 0. The molecule has 0 aliphatic rings. The van der Waals surface area contributed by atoms with E-state index in [1.54, 1.807) is 18.2 Å². The first-order valence-electron chi connectivity index (χ1n) is 7.99. The number of nitrogens with one attached hydrogen (secondary N) is 2. The lowest BCUT2D eigenvalue weighted by Gasteiger charge is -2.14. The molecule has 2 amide bonds. The highest BCUT2D eigenvalue weighted by atomic mass is 16.3. The zero-order valence-electron chi connectivity index (χ0n) is 13.8. The van der Waals surface area contributed by atoms with Crippen molar-refractivity contribution in [1.29, 1.82) is 0 Å². The van der Waals surface area contributed by atoms with E-state index in [2.05, 4.69) is 17.6 Å². The van der Waals surface area contributed by atoms with E-state index in [1.807, 2.05) is 12.1 Å². The number of rotatable bonds is 9. The van der Waals surface area contributed by atoms with Crippen LogP contribution in [0, 0.1) is 5.92 Å². The predicted molar refractivity (Wildman–Crippen MR) is 92.9 cm³/mol. The molecule has 1 aromatic carbocycles. The number of anilines is 1. The van der Waals surface area contributed by atoms with E-state index in [-0.39, 0.29) is 18.4 Å². The van der Waals surface area contributed by atoms with Crippen LogP contribution in [0.1, 0.15) is 38.7 Å². The molecular formula is C18H26N2O3. The van der Waals surface area contributed by atoms with E-state index in [9.17, 15) is 9.59 Å². The Hall–Kier alpha value is -2.14. The summed E-state index contributed by atoms with van der Waals surface area (Å²) in [5.41, 5.74) is 1.61. The van der Waals surface area contributed by atoms with Crippen molar-refractivity contribution < 1.29 is 14.7 Å². The summed E-state index contributed by atoms with van der Waals surface area (Å²) in [5, 5.41) is 14.6. The highest BCUT2D eigenvalue weighted by molar-refractivity contribution is 5.92. The SMILES string of the molecule is CCCC(CCO)CNC(=O)/C=C/c1ccc(NC(C)=O)cc1. The maximum atomic E-state index is 11.8. The van der Waals surface area contributed by atoms with E-state index in [1.165, 1.54) is 13.0 Å². The summed E-state index contributed by atoms with van der Waals surface area (Å²) in [6.07, 6.45) is 5.97. The predicted octanol–water partition coefficient (Wildman–Crippen LogP) is 2.57. The van der Waals surface area contributed by atoms with Gasteiger partial charge in [-0.15, -0.1) is 0 Å². The van der Waals surface area contributed by atoms with Gasteiger partial charge in [0, 0.05) is 31.8 Å². The first-order valence-corrected chi connectivity index (χ1v) is 7.99. The molecule has 0 saturated heterocycles. The average molecular weight is 318 g/mol. The summed E-state index contributed by atoms with van der Waals surface area (Å²) in [6.45, 7) is 4.29. The van der Waals surface area contributed by atoms with Gasteiger partial charge in [-0.25, -0.2) is 0 Å². The van der Waals surface area contributed by atoms with Crippen LogP contribution >= 0.6 is 0 Å². The second-order valence-electron chi connectivity index (χ2n) is 5.55. The topological polar surface area (TPSA) is 78.4 Å². The third-order valence-corrected chi connectivity index (χ3v) is 3.46. The van der Waals surface area contributed by atoms with Crippen molar-refractivity contribution >= 4 is 23.6 Å². The van der Waals surface area contributed by atoms with Gasteiger partial charge in [0.1, 0.15) is 0 Å². The quantitative estimate of drug-likeness (QED) is 0.612. The molecule has 0 fully saturated rings. The van der Waals surface area contributed by atoms with Crippen LogP contribution in [0.5, 0.6) is 0 Å². The van der Waals surface area contributed by atoms with Crippen molar-refractivity contribution in [2.75, 3.05) is 18.5 Å². The van der Waals surface area contributed by atoms with Gasteiger partial charge >= 0.3 is 0 Å². The van der Waals surface area contributed by atoms with Crippen LogP contribution in [0.15, 0.2) is 30.3 Å². The van der Waals surface area contributed by atoms with Crippen molar-refractivity contribution in [3.63, 3.8) is 0 Å². The molecule has 1 aromatic rings. The summed E-state index contributed by atoms with van der Waals surface area (Å²) in [5.74, 6) is 0.0615. The lowest BCUT2D eigenvalue weighted by molar-refractivity contribution is -0.116. The van der Waals surface area contributed by atoms with Crippen molar-refractivity contribution in [3.8, 4) is 0 Å². The smallest absolute Gasteiger partial charge is 0.244 e. The van der Waals surface area contributed by atoms with Crippen LogP contribution in [0.2, 0.25) is 0 Å². The first-order chi connectivity index (χ1) is 11.0. The third kappa shape index (κ3) is 8.16. The van der Waals surface area contributed by atoms with Crippen LogP contribution in [0.4, 0.5) is 5.69 Å². The largest absolute Gasteiger partial charge is 0.396 e. The third-order valence-electron chi connectivity index (χ3n) is 3.46. The van der Waals surface area contributed by atoms with Gasteiger partial charge in [-0.05, 0) is 42.5 Å². The fourth-order valence-electron chi connectivity index (χ4n) is 2.30. The molecule has 5 heteroatoms. The summed E-state index contributed by atoms with van der Waals surface area (Å²) < 4.78 is 0. The Kier molecular flexibility index (Phi) is 8.68. The molecule has 1 rings (SSSR count). The lowest BCUT2D eigenvalue weighted by atomic mass is 10.0. The maximum Gasteiger partial charge on any atom is 0.244 e. The minimum Gasteiger partial charge on any atom is -0.396 e. The Morgan fingerprint density at radius 3 is 2.48 bits per heavy atom. The Labute approximate surface area is 137 Å². The number of carbonyl (C=O) groups excluding carboxylic acids is 2. The fourth-order valence-corrected chi connectivity index (χ4v) is 2.30. The minimum atomic E-state index is -0.144. The Morgan fingerprint density at radius 2 is 1.91 bits per heavy atom. The number of benzene rings is 1. The number of aliphatic hydroxyl groups excluding tert-OH is 1. The monoisotopic (exact) mass is 318 g/mol. The molecule has 1 atom stereocenters. The average Bonchev–Trinajstić information content (AvgIpc) is 2.52. The molecule has 3 N–H and O–H groups in total. The lowest BCUT2D eigenvalue weighted by Crippen LogP contribution is -2.28. The molecule has 23 heavy (non-hydrogen) atoms. The number of hydrogen-bond donors (Lipinski definition) is 3. The van der Waals surface area contributed by atoms with Crippen LogP contribution in [-0.4, -0.2) is 30.1 Å². The van der Waals surface area contributed by atoms with Gasteiger partial charge < -0.3 is 15.7 Å². The molecule has 0 bridgehead atoms. The molecule has 1 unspecified atom stereocenters. The Balaban J connectivity index is 2.46. The highest BCUT2D eigenvalue weighted by Gasteiger charge is 2.07. The molecule has 126 valence electrons. The van der Waals surface area contributed by atoms with Gasteiger partial charge in [-0.1, -0.05) is 25.5 Å². The molecule has 5 nitrogen and oxygen atoms in total. The molecule has 0 heterocycles. The second-order valence-corrected chi connectivity index (χ2v) is 5.55.